The fourth-order valence-corrected chi connectivity index (χ4v) is 4.35. The monoisotopic (exact) mass is 472 g/mol. The number of hydrogen-bond donors (Lipinski definition) is 1. The first-order valence-electron chi connectivity index (χ1n) is 11.4. The van der Waals surface area contributed by atoms with E-state index >= 15 is 0 Å². The molecular formula is C26H24N4O5. The van der Waals surface area contributed by atoms with Crippen LogP contribution in [0.25, 0.3) is 0 Å². The summed E-state index contributed by atoms with van der Waals surface area (Å²) >= 11 is 0. The third-order valence-corrected chi connectivity index (χ3v) is 6.24. The van der Waals surface area contributed by atoms with Crippen molar-refractivity contribution in [1.82, 2.24) is 14.7 Å². The van der Waals surface area contributed by atoms with Gasteiger partial charge in [0.1, 0.15) is 5.76 Å². The first-order chi connectivity index (χ1) is 16.9. The molecule has 178 valence electrons. The Morgan fingerprint density at radius 1 is 0.886 bits per heavy atom. The lowest BCUT2D eigenvalue weighted by molar-refractivity contribution is 0.0631. The quantitative estimate of drug-likeness (QED) is 0.587. The Morgan fingerprint density at radius 2 is 1.63 bits per heavy atom. The average Bonchev–Trinajstić information content (AvgIpc) is 3.46. The summed E-state index contributed by atoms with van der Waals surface area (Å²) in [5.41, 5.74) is 2.60. The summed E-state index contributed by atoms with van der Waals surface area (Å²) in [5, 5.41) is 2.89. The van der Waals surface area contributed by atoms with Crippen molar-refractivity contribution < 1.29 is 23.6 Å². The molecule has 1 saturated heterocycles. The van der Waals surface area contributed by atoms with Gasteiger partial charge in [0.25, 0.3) is 17.7 Å². The van der Waals surface area contributed by atoms with Crippen LogP contribution in [0, 0.1) is 6.92 Å². The van der Waals surface area contributed by atoms with Crippen LogP contribution in [0.2, 0.25) is 0 Å². The van der Waals surface area contributed by atoms with Gasteiger partial charge in [-0.1, -0.05) is 12.1 Å². The van der Waals surface area contributed by atoms with Gasteiger partial charge in [-0.2, -0.15) is 0 Å². The number of carbonyl (C=O) groups excluding carboxylic acids is 4. The van der Waals surface area contributed by atoms with E-state index < -0.39 is 11.8 Å². The zero-order valence-corrected chi connectivity index (χ0v) is 19.2. The fraction of sp³-hybridized carbons (Fsp3) is 0.231. The minimum Gasteiger partial charge on any atom is -0.467 e. The van der Waals surface area contributed by atoms with Gasteiger partial charge in [0.15, 0.2) is 0 Å². The number of nitrogens with one attached hydrogen (secondary N) is 1. The minimum atomic E-state index is -0.450. The third-order valence-electron chi connectivity index (χ3n) is 6.24. The third kappa shape index (κ3) is 4.40. The van der Waals surface area contributed by atoms with Crippen molar-refractivity contribution in [2.75, 3.05) is 31.5 Å². The lowest BCUT2D eigenvalue weighted by Gasteiger charge is -2.34. The zero-order valence-electron chi connectivity index (χ0n) is 19.2. The first kappa shape index (κ1) is 22.4. The summed E-state index contributed by atoms with van der Waals surface area (Å²) < 4.78 is 5.26. The Morgan fingerprint density at radius 3 is 2.34 bits per heavy atom. The van der Waals surface area contributed by atoms with Gasteiger partial charge in [0.2, 0.25) is 0 Å². The molecule has 0 saturated carbocycles. The molecule has 9 heteroatoms. The molecule has 9 nitrogen and oxygen atoms in total. The second-order valence-corrected chi connectivity index (χ2v) is 8.62. The Bertz CT molecular complexity index is 1310. The number of furan rings is 1. The van der Waals surface area contributed by atoms with E-state index in [4.69, 9.17) is 4.42 Å². The van der Waals surface area contributed by atoms with Gasteiger partial charge in [-0.05, 0) is 55.0 Å². The number of aryl methyl sites for hydroxylation is 1. The van der Waals surface area contributed by atoms with Gasteiger partial charge in [-0.15, -0.1) is 0 Å². The molecule has 5 rings (SSSR count). The summed E-state index contributed by atoms with van der Waals surface area (Å²) in [6.07, 6.45) is 1.48. The first-order valence-corrected chi connectivity index (χ1v) is 11.4. The number of piperazine rings is 1. The number of hydrogen-bond acceptors (Lipinski definition) is 5. The Balaban J connectivity index is 1.22. The predicted molar refractivity (Wildman–Crippen MR) is 127 cm³/mol. The second-order valence-electron chi connectivity index (χ2n) is 8.62. The van der Waals surface area contributed by atoms with Crippen LogP contribution in [0.3, 0.4) is 0 Å². The maximum absolute atomic E-state index is 13.1. The topological polar surface area (TPSA) is 103 Å². The molecule has 2 aliphatic heterocycles. The van der Waals surface area contributed by atoms with Crippen LogP contribution in [0.4, 0.5) is 10.5 Å². The summed E-state index contributed by atoms with van der Waals surface area (Å²) in [7, 11) is 0. The molecule has 0 aliphatic carbocycles. The maximum Gasteiger partial charge on any atom is 0.321 e. The van der Waals surface area contributed by atoms with E-state index in [0.29, 0.717) is 37.5 Å². The number of urea groups is 1. The fourth-order valence-electron chi connectivity index (χ4n) is 4.35. The van der Waals surface area contributed by atoms with Crippen molar-refractivity contribution in [2.45, 2.75) is 13.5 Å². The molecule has 0 bridgehead atoms. The van der Waals surface area contributed by atoms with Crippen molar-refractivity contribution in [3.8, 4) is 0 Å². The SMILES string of the molecule is Cc1cccc(NC(=O)N2CCN(C(=O)c3ccc4c(c3)C(=O)N(Cc3ccco3)C4=O)CC2)c1. The Kier molecular flexibility index (Phi) is 5.82. The molecule has 0 spiro atoms. The standard InChI is InChI=1S/C26H24N4O5/c1-17-4-2-5-19(14-17)27-26(34)29-11-9-28(10-12-29)23(31)18-7-8-21-22(15-18)25(33)30(24(21)32)16-20-6-3-13-35-20/h2-8,13-15H,9-12,16H2,1H3,(H,27,34). The van der Waals surface area contributed by atoms with Crippen molar-refractivity contribution in [3.05, 3.63) is 88.9 Å². The number of imide groups is 1. The number of fused-ring (bicyclic) bond motifs is 1. The lowest BCUT2D eigenvalue weighted by Crippen LogP contribution is -2.51. The van der Waals surface area contributed by atoms with Gasteiger partial charge in [-0.25, -0.2) is 4.79 Å². The molecule has 0 atom stereocenters. The highest BCUT2D eigenvalue weighted by Gasteiger charge is 2.37. The number of rotatable bonds is 4. The molecule has 2 aliphatic rings. The van der Waals surface area contributed by atoms with Gasteiger partial charge in [0.05, 0.1) is 23.9 Å². The Hall–Kier alpha value is -4.40. The van der Waals surface area contributed by atoms with Gasteiger partial charge < -0.3 is 19.5 Å². The van der Waals surface area contributed by atoms with Crippen molar-refractivity contribution in [2.24, 2.45) is 0 Å². The summed E-state index contributed by atoms with van der Waals surface area (Å²) in [6.45, 7) is 3.52. The van der Waals surface area contributed by atoms with E-state index in [-0.39, 0.29) is 29.6 Å². The molecule has 1 N–H and O–H groups in total. The average molecular weight is 473 g/mol. The summed E-state index contributed by atoms with van der Waals surface area (Å²) in [6, 6.07) is 15.3. The smallest absolute Gasteiger partial charge is 0.321 e. The minimum absolute atomic E-state index is 0.0369. The number of carbonyl (C=O) groups is 4. The number of benzene rings is 2. The lowest BCUT2D eigenvalue weighted by atomic mass is 10.0. The highest BCUT2D eigenvalue weighted by atomic mass is 16.3. The van der Waals surface area contributed by atoms with Crippen molar-refractivity contribution >= 4 is 29.4 Å². The molecule has 1 fully saturated rings. The van der Waals surface area contributed by atoms with Crippen LogP contribution >= 0.6 is 0 Å². The number of nitrogens with zero attached hydrogens (tertiary/aromatic N) is 3. The zero-order chi connectivity index (χ0) is 24.5. The second kappa shape index (κ2) is 9.09. The van der Waals surface area contributed by atoms with Crippen LogP contribution in [0.15, 0.2) is 65.3 Å². The van der Waals surface area contributed by atoms with E-state index in [9.17, 15) is 19.2 Å². The molecule has 0 radical (unpaired) electrons. The molecule has 0 unspecified atom stereocenters. The van der Waals surface area contributed by atoms with Crippen LogP contribution in [0.1, 0.15) is 42.4 Å². The van der Waals surface area contributed by atoms with Crippen LogP contribution in [-0.4, -0.2) is 64.6 Å². The number of amides is 5. The van der Waals surface area contributed by atoms with Crippen molar-refractivity contribution in [1.29, 1.82) is 0 Å². The van der Waals surface area contributed by atoms with Crippen molar-refractivity contribution in [3.63, 3.8) is 0 Å². The van der Waals surface area contributed by atoms with E-state index in [1.807, 2.05) is 31.2 Å². The molecule has 5 amide bonds. The van der Waals surface area contributed by atoms with E-state index in [1.165, 1.54) is 18.4 Å². The van der Waals surface area contributed by atoms with E-state index in [0.717, 1.165) is 16.2 Å². The molecule has 1 aromatic heterocycles. The number of anilines is 1. The van der Waals surface area contributed by atoms with E-state index in [2.05, 4.69) is 5.32 Å². The van der Waals surface area contributed by atoms with Gasteiger partial charge in [-0.3, -0.25) is 19.3 Å². The van der Waals surface area contributed by atoms with E-state index in [1.54, 1.807) is 28.0 Å². The largest absolute Gasteiger partial charge is 0.467 e. The summed E-state index contributed by atoms with van der Waals surface area (Å²) in [4.78, 5) is 55.7. The molecular weight excluding hydrogens is 448 g/mol. The van der Waals surface area contributed by atoms with Crippen LogP contribution < -0.4 is 5.32 Å². The van der Waals surface area contributed by atoms with Crippen LogP contribution in [0.5, 0.6) is 0 Å². The normalized spacial score (nSPS) is 15.4. The molecule has 3 heterocycles. The van der Waals surface area contributed by atoms with Crippen LogP contribution in [-0.2, 0) is 6.54 Å². The molecule has 35 heavy (non-hydrogen) atoms. The summed E-state index contributed by atoms with van der Waals surface area (Å²) in [5.74, 6) is -0.598. The highest BCUT2D eigenvalue weighted by Crippen LogP contribution is 2.26. The Labute approximate surface area is 201 Å². The molecule has 3 aromatic rings. The maximum atomic E-state index is 13.1. The predicted octanol–water partition coefficient (Wildman–Crippen LogP) is 3.37. The van der Waals surface area contributed by atoms with Gasteiger partial charge >= 0.3 is 6.03 Å². The highest BCUT2D eigenvalue weighted by molar-refractivity contribution is 6.22. The van der Waals surface area contributed by atoms with Gasteiger partial charge in [0, 0.05) is 37.4 Å². The molecule has 2 aromatic carbocycles.